The molecular formula is C13H21ClFNO2. The Kier molecular flexibility index (Phi) is 6.07. The van der Waals surface area contributed by atoms with Crippen molar-refractivity contribution in [1.82, 2.24) is 0 Å². The van der Waals surface area contributed by atoms with Crippen molar-refractivity contribution in [3.05, 3.63) is 29.6 Å². The van der Waals surface area contributed by atoms with E-state index in [1.807, 2.05) is 20.8 Å². The highest BCUT2D eigenvalue weighted by Crippen LogP contribution is 2.32. The maximum atomic E-state index is 14.0. The maximum Gasteiger partial charge on any atom is 0.169 e. The van der Waals surface area contributed by atoms with E-state index < -0.39 is 23.4 Å². The van der Waals surface area contributed by atoms with Gasteiger partial charge < -0.3 is 15.6 Å². The van der Waals surface area contributed by atoms with E-state index in [1.165, 1.54) is 13.2 Å². The molecule has 3 N–H and O–H groups in total. The zero-order valence-electron chi connectivity index (χ0n) is 11.1. The van der Waals surface area contributed by atoms with Crippen molar-refractivity contribution in [2.45, 2.75) is 32.9 Å². The Balaban J connectivity index is 0.00000289. The smallest absolute Gasteiger partial charge is 0.169 e. The van der Waals surface area contributed by atoms with Crippen LogP contribution in [-0.2, 0) is 0 Å². The molecule has 1 aromatic rings. The van der Waals surface area contributed by atoms with Gasteiger partial charge in [-0.2, -0.15) is 0 Å². The molecule has 104 valence electrons. The van der Waals surface area contributed by atoms with Crippen molar-refractivity contribution in [1.29, 1.82) is 0 Å². The lowest BCUT2D eigenvalue weighted by Crippen LogP contribution is -2.37. The Bertz CT molecular complexity index is 393. The third-order valence-corrected chi connectivity index (χ3v) is 2.80. The number of benzene rings is 1. The topological polar surface area (TPSA) is 55.5 Å². The van der Waals surface area contributed by atoms with Crippen molar-refractivity contribution in [2.75, 3.05) is 7.11 Å². The Morgan fingerprint density at radius 1 is 1.33 bits per heavy atom. The summed E-state index contributed by atoms with van der Waals surface area (Å²) < 4.78 is 18.8. The summed E-state index contributed by atoms with van der Waals surface area (Å²) in [5.41, 5.74) is 5.77. The Hall–Kier alpha value is -0.840. The Morgan fingerprint density at radius 3 is 2.33 bits per heavy atom. The highest BCUT2D eigenvalue weighted by atomic mass is 35.5. The van der Waals surface area contributed by atoms with Crippen LogP contribution in [-0.4, -0.2) is 18.3 Å². The van der Waals surface area contributed by atoms with E-state index in [9.17, 15) is 9.50 Å². The van der Waals surface area contributed by atoms with E-state index in [0.29, 0.717) is 0 Å². The standard InChI is InChI=1S/C13H20FNO2.ClH/c1-13(2,3)12(16)11(15)8-6-5-7-9(17-4)10(8)14;/h5-7,11-12,16H,15H2,1-4H3;1H/t11-,12-;/m1./s1. The second-order valence-electron chi connectivity index (χ2n) is 5.20. The maximum absolute atomic E-state index is 14.0. The number of aliphatic hydroxyl groups excluding tert-OH is 1. The average molecular weight is 278 g/mol. The van der Waals surface area contributed by atoms with Gasteiger partial charge in [0.15, 0.2) is 11.6 Å². The van der Waals surface area contributed by atoms with Gasteiger partial charge in [0.1, 0.15) is 0 Å². The molecule has 0 aliphatic rings. The molecule has 0 unspecified atom stereocenters. The van der Waals surface area contributed by atoms with Gasteiger partial charge in [0.2, 0.25) is 0 Å². The van der Waals surface area contributed by atoms with Crippen LogP contribution in [0.3, 0.4) is 0 Å². The summed E-state index contributed by atoms with van der Waals surface area (Å²) in [5.74, 6) is -0.371. The van der Waals surface area contributed by atoms with Crippen LogP contribution in [0.4, 0.5) is 4.39 Å². The van der Waals surface area contributed by atoms with Crippen molar-refractivity contribution >= 4 is 12.4 Å². The van der Waals surface area contributed by atoms with Gasteiger partial charge in [-0.1, -0.05) is 32.9 Å². The van der Waals surface area contributed by atoms with Crippen molar-refractivity contribution < 1.29 is 14.2 Å². The van der Waals surface area contributed by atoms with Gasteiger partial charge in [-0.25, -0.2) is 4.39 Å². The molecule has 0 aliphatic heterocycles. The normalized spacial score (nSPS) is 14.6. The van der Waals surface area contributed by atoms with Crippen LogP contribution < -0.4 is 10.5 Å². The summed E-state index contributed by atoms with van der Waals surface area (Å²) in [6.07, 6.45) is -0.830. The van der Waals surface area contributed by atoms with Crippen LogP contribution in [0, 0.1) is 11.2 Å². The molecule has 1 rings (SSSR count). The molecule has 0 aromatic heterocycles. The third-order valence-electron chi connectivity index (χ3n) is 2.80. The molecule has 0 amide bonds. The zero-order chi connectivity index (χ0) is 13.2. The predicted molar refractivity (Wildman–Crippen MR) is 72.6 cm³/mol. The van der Waals surface area contributed by atoms with Gasteiger partial charge in [-0.3, -0.25) is 0 Å². The first kappa shape index (κ1) is 17.2. The first-order valence-corrected chi connectivity index (χ1v) is 5.55. The molecule has 0 saturated carbocycles. The van der Waals surface area contributed by atoms with E-state index in [2.05, 4.69) is 0 Å². The summed E-state index contributed by atoms with van der Waals surface area (Å²) in [5, 5.41) is 10.1. The van der Waals surface area contributed by atoms with Crippen LogP contribution in [0.5, 0.6) is 5.75 Å². The summed E-state index contributed by atoms with van der Waals surface area (Å²) in [6.45, 7) is 5.57. The number of nitrogens with two attached hydrogens (primary N) is 1. The summed E-state index contributed by atoms with van der Waals surface area (Å²) in [6, 6.07) is 3.98. The van der Waals surface area contributed by atoms with E-state index in [0.717, 1.165) is 0 Å². The molecule has 2 atom stereocenters. The van der Waals surface area contributed by atoms with E-state index in [-0.39, 0.29) is 23.7 Å². The second kappa shape index (κ2) is 6.36. The van der Waals surface area contributed by atoms with Crippen LogP contribution in [0.25, 0.3) is 0 Å². The van der Waals surface area contributed by atoms with E-state index in [4.69, 9.17) is 10.5 Å². The zero-order valence-corrected chi connectivity index (χ0v) is 11.9. The first-order chi connectivity index (χ1) is 7.79. The quantitative estimate of drug-likeness (QED) is 0.893. The third kappa shape index (κ3) is 3.57. The molecule has 0 heterocycles. The molecule has 0 bridgehead atoms. The summed E-state index contributed by atoms with van der Waals surface area (Å²) in [7, 11) is 1.40. The number of aliphatic hydroxyl groups is 1. The average Bonchev–Trinajstić information content (AvgIpc) is 2.26. The fourth-order valence-electron chi connectivity index (χ4n) is 1.65. The Labute approximate surface area is 114 Å². The van der Waals surface area contributed by atoms with Crippen LogP contribution in [0.15, 0.2) is 18.2 Å². The van der Waals surface area contributed by atoms with Crippen LogP contribution in [0.2, 0.25) is 0 Å². The molecule has 0 fully saturated rings. The molecule has 3 nitrogen and oxygen atoms in total. The lowest BCUT2D eigenvalue weighted by Gasteiger charge is -2.31. The summed E-state index contributed by atoms with van der Waals surface area (Å²) in [4.78, 5) is 0. The molecule has 5 heteroatoms. The molecule has 0 radical (unpaired) electrons. The Morgan fingerprint density at radius 2 is 1.89 bits per heavy atom. The minimum Gasteiger partial charge on any atom is -0.494 e. The highest BCUT2D eigenvalue weighted by Gasteiger charge is 2.31. The predicted octanol–water partition coefficient (Wildman–Crippen LogP) is 2.66. The number of hydrogen-bond acceptors (Lipinski definition) is 3. The molecule has 0 aliphatic carbocycles. The monoisotopic (exact) mass is 277 g/mol. The number of ether oxygens (including phenoxy) is 1. The molecule has 1 aromatic carbocycles. The van der Waals surface area contributed by atoms with E-state index >= 15 is 0 Å². The van der Waals surface area contributed by atoms with Crippen molar-refractivity contribution in [3.63, 3.8) is 0 Å². The van der Waals surface area contributed by atoms with Crippen molar-refractivity contribution in [2.24, 2.45) is 11.1 Å². The van der Waals surface area contributed by atoms with Gasteiger partial charge in [0.25, 0.3) is 0 Å². The number of hydrogen-bond donors (Lipinski definition) is 2. The number of rotatable bonds is 3. The van der Waals surface area contributed by atoms with E-state index in [1.54, 1.807) is 12.1 Å². The largest absolute Gasteiger partial charge is 0.494 e. The molecule has 0 spiro atoms. The number of halogens is 2. The van der Waals surface area contributed by atoms with Gasteiger partial charge in [0.05, 0.1) is 19.3 Å². The first-order valence-electron chi connectivity index (χ1n) is 5.55. The molecule has 18 heavy (non-hydrogen) atoms. The van der Waals surface area contributed by atoms with Gasteiger partial charge in [-0.15, -0.1) is 12.4 Å². The van der Waals surface area contributed by atoms with Crippen LogP contribution >= 0.6 is 12.4 Å². The fourth-order valence-corrected chi connectivity index (χ4v) is 1.65. The lowest BCUT2D eigenvalue weighted by atomic mass is 9.82. The van der Waals surface area contributed by atoms with Gasteiger partial charge >= 0.3 is 0 Å². The molecular weight excluding hydrogens is 257 g/mol. The summed E-state index contributed by atoms with van der Waals surface area (Å²) >= 11 is 0. The van der Waals surface area contributed by atoms with Gasteiger partial charge in [-0.05, 0) is 11.5 Å². The lowest BCUT2D eigenvalue weighted by molar-refractivity contribution is 0.0390. The number of methoxy groups -OCH3 is 1. The van der Waals surface area contributed by atoms with Crippen molar-refractivity contribution in [3.8, 4) is 5.75 Å². The highest BCUT2D eigenvalue weighted by molar-refractivity contribution is 5.85. The minimum absolute atomic E-state index is 0. The van der Waals surface area contributed by atoms with Crippen LogP contribution in [0.1, 0.15) is 32.4 Å². The SMILES string of the molecule is COc1cccc([C@@H](N)[C@@H](O)C(C)(C)C)c1F.Cl. The van der Waals surface area contributed by atoms with Gasteiger partial charge in [0, 0.05) is 5.56 Å². The molecule has 0 saturated heterocycles. The fraction of sp³-hybridized carbons (Fsp3) is 0.538. The second-order valence-corrected chi connectivity index (χ2v) is 5.20. The minimum atomic E-state index is -0.830.